The zero-order valence-electron chi connectivity index (χ0n) is 24.4. The first-order valence-electron chi connectivity index (χ1n) is 13.5. The summed E-state index contributed by atoms with van der Waals surface area (Å²) in [4.78, 5) is 29.2. The molecule has 0 aromatic carbocycles. The summed E-state index contributed by atoms with van der Waals surface area (Å²) in [5, 5.41) is 84.7. The molecule has 0 saturated carbocycles. The molecule has 1 fully saturated rings. The average molecular weight is 644 g/mol. The van der Waals surface area contributed by atoms with Gasteiger partial charge in [-0.3, -0.25) is 4.99 Å². The molecule has 0 bridgehead atoms. The molecule has 0 aromatic rings. The minimum Gasteiger partial charge on any atom is -0.477 e. The second kappa shape index (κ2) is 14.6. The van der Waals surface area contributed by atoms with Crippen molar-refractivity contribution in [3.8, 4) is 0 Å². The van der Waals surface area contributed by atoms with Gasteiger partial charge in [0.1, 0.15) is 54.5 Å². The second-order valence-electron chi connectivity index (χ2n) is 10.3. The van der Waals surface area contributed by atoms with Crippen molar-refractivity contribution < 1.29 is 74.3 Å². The first-order chi connectivity index (χ1) is 21.2. The van der Waals surface area contributed by atoms with Crippen molar-refractivity contribution in [2.24, 2.45) is 16.6 Å². The van der Waals surface area contributed by atoms with Gasteiger partial charge in [0.05, 0.1) is 31.9 Å². The van der Waals surface area contributed by atoms with E-state index in [1.165, 1.54) is 19.3 Å². The topological polar surface area (TPSA) is 288 Å². The minimum absolute atomic E-state index is 0.0142. The van der Waals surface area contributed by atoms with Crippen LogP contribution < -0.4 is 16.0 Å². The van der Waals surface area contributed by atoms with E-state index in [1.54, 1.807) is 0 Å². The van der Waals surface area contributed by atoms with Crippen LogP contribution in [0.15, 0.2) is 64.7 Å². The van der Waals surface area contributed by atoms with E-state index in [1.807, 2.05) is 0 Å². The Morgan fingerprint density at radius 1 is 1.24 bits per heavy atom. The number of nitrogens with one attached hydrogen (secondary N) is 2. The summed E-state index contributed by atoms with van der Waals surface area (Å²) in [6.07, 6.45) is -3.88. The lowest BCUT2D eigenvalue weighted by Gasteiger charge is -2.47. The molecule has 1 saturated heterocycles. The Kier molecular flexibility index (Phi) is 11.6. The lowest BCUT2D eigenvalue weighted by Crippen LogP contribution is -3.09. The maximum atomic E-state index is 12.8. The molecule has 0 spiro atoms. The highest BCUT2D eigenvalue weighted by atomic mass is 16.8. The first kappa shape index (κ1) is 35.8. The number of rotatable bonds is 11. The summed E-state index contributed by atoms with van der Waals surface area (Å²) >= 11 is 0. The lowest BCUT2D eigenvalue weighted by molar-refractivity contribution is -0.843. The van der Waals surface area contributed by atoms with Gasteiger partial charge in [-0.1, -0.05) is 12.2 Å². The third-order valence-electron chi connectivity index (χ3n) is 7.50. The molecule has 45 heavy (non-hydrogen) atoms. The van der Waals surface area contributed by atoms with Crippen molar-refractivity contribution in [1.82, 2.24) is 5.32 Å². The molecule has 0 aliphatic carbocycles. The summed E-state index contributed by atoms with van der Waals surface area (Å²) in [7, 11) is 2.42. The third-order valence-corrected chi connectivity index (χ3v) is 7.50. The van der Waals surface area contributed by atoms with E-state index in [0.717, 1.165) is 25.5 Å². The molecule has 1 unspecified atom stereocenters. The number of aliphatic imine (C=N–C) groups is 1. The summed E-state index contributed by atoms with van der Waals surface area (Å²) in [6, 6.07) is 0. The Balaban J connectivity index is 2.10. The van der Waals surface area contributed by atoms with Gasteiger partial charge < -0.3 is 75.8 Å². The van der Waals surface area contributed by atoms with Crippen molar-refractivity contribution in [3.63, 3.8) is 0 Å². The lowest BCUT2D eigenvalue weighted by atomic mass is 9.78. The number of methoxy groups -OCH3 is 1. The van der Waals surface area contributed by atoms with Gasteiger partial charge in [0.25, 0.3) is 0 Å². The molecular formula is C27H39N4O14+. The van der Waals surface area contributed by atoms with Crippen molar-refractivity contribution in [2.45, 2.75) is 42.3 Å². The summed E-state index contributed by atoms with van der Waals surface area (Å²) in [5.41, 5.74) is 3.05. The van der Waals surface area contributed by atoms with E-state index in [0.29, 0.717) is 4.90 Å². The second-order valence-corrected chi connectivity index (χ2v) is 10.3. The van der Waals surface area contributed by atoms with Gasteiger partial charge >= 0.3 is 11.9 Å². The number of hydrogen-bond acceptors (Lipinski definition) is 14. The molecule has 3 aliphatic heterocycles. The molecule has 0 aromatic heterocycles. The molecule has 18 nitrogen and oxygen atoms in total. The Bertz CT molecular complexity index is 1290. The van der Waals surface area contributed by atoms with Crippen molar-refractivity contribution >= 4 is 17.9 Å². The number of carbonyl (C=O) groups excluding carboxylic acids is 1. The van der Waals surface area contributed by atoms with Crippen LogP contribution in [0.1, 0.15) is 0 Å². The third kappa shape index (κ3) is 7.25. The van der Waals surface area contributed by atoms with Gasteiger partial charge in [0, 0.05) is 12.6 Å². The molecule has 3 rings (SSSR count). The molecular weight excluding hydrogens is 604 g/mol. The quantitative estimate of drug-likeness (QED) is 0.0329. The van der Waals surface area contributed by atoms with Crippen LogP contribution in [-0.4, -0.2) is 141 Å². The number of guanidine groups is 1. The Hall–Kier alpha value is -3.69. The number of aliphatic hydroxyl groups is 7. The first-order valence-corrected chi connectivity index (χ1v) is 13.5. The van der Waals surface area contributed by atoms with Gasteiger partial charge in [-0.2, -0.15) is 0 Å². The number of nitrogens with two attached hydrogens (primary N) is 1. The fraction of sp³-hybridized carbons (Fsp3) is 0.519. The monoisotopic (exact) mass is 643 g/mol. The highest BCUT2D eigenvalue weighted by Gasteiger charge is 2.57. The molecule has 12 N–H and O–H groups in total. The minimum atomic E-state index is -3.18. The fourth-order valence-corrected chi connectivity index (χ4v) is 4.99. The summed E-state index contributed by atoms with van der Waals surface area (Å²) < 4.78 is 21.2. The number of carbonyl (C=O) groups is 2. The van der Waals surface area contributed by atoms with Gasteiger partial charge in [-0.15, -0.1) is 6.58 Å². The van der Waals surface area contributed by atoms with Crippen LogP contribution in [0.3, 0.4) is 0 Å². The standard InChI is InChI=1S/C27H38N4O14/c1-4-15-23(45-24-20(35)27(40,41)19(34)17(11-33)44-24)43-12-16(22(38)42-3)26(15,39)6-5-13-9-31(7-8-32)10-14(21(36)37)18(13)30-25(28)29-2/h4-6,10,12,15,17,19-20,23-24,32-35,39-41H,1,7-9,11H2,2-3H3,(H,36,37)(H3,28,29,30)/p+1/b6-5+/t15-,17+,19+,20-,23-,24-,26+/m0/s1. The van der Waals surface area contributed by atoms with Crippen LogP contribution in [0, 0.1) is 5.92 Å². The normalized spacial score (nSPS) is 33.6. The molecule has 250 valence electrons. The fourth-order valence-electron chi connectivity index (χ4n) is 4.99. The Labute approximate surface area is 256 Å². The van der Waals surface area contributed by atoms with Crippen molar-refractivity contribution in [2.75, 3.05) is 40.5 Å². The van der Waals surface area contributed by atoms with E-state index in [4.69, 9.17) is 24.7 Å². The SMILES string of the molecule is C=C[C@H]1[C@H](O[C@@H]2O[C@H](CO)[C@@H](O)C(O)(O)[C@H]2O)OC=C(C(=O)OC)[C@@]1(O)/C=C/C1=C(NC(N)=NC)C(C(=O)O)=C[NH+](CCO)C1. The predicted molar refractivity (Wildman–Crippen MR) is 150 cm³/mol. The maximum absolute atomic E-state index is 12.8. The zero-order chi connectivity index (χ0) is 33.7. The van der Waals surface area contributed by atoms with E-state index in [9.17, 15) is 50.4 Å². The Morgan fingerprint density at radius 3 is 2.49 bits per heavy atom. The largest absolute Gasteiger partial charge is 0.477 e. The zero-order valence-corrected chi connectivity index (χ0v) is 24.4. The van der Waals surface area contributed by atoms with E-state index in [2.05, 4.69) is 16.9 Å². The number of aliphatic hydroxyl groups excluding tert-OH is 4. The van der Waals surface area contributed by atoms with Crippen molar-refractivity contribution in [1.29, 1.82) is 0 Å². The molecule has 3 heterocycles. The molecule has 0 radical (unpaired) electrons. The average Bonchev–Trinajstić information content (AvgIpc) is 3.01. The van der Waals surface area contributed by atoms with Crippen LogP contribution in [0.2, 0.25) is 0 Å². The number of ether oxygens (including phenoxy) is 4. The Morgan fingerprint density at radius 2 is 1.93 bits per heavy atom. The van der Waals surface area contributed by atoms with Crippen molar-refractivity contribution in [3.05, 3.63) is 59.7 Å². The molecule has 18 heteroatoms. The van der Waals surface area contributed by atoms with Crippen LogP contribution >= 0.6 is 0 Å². The van der Waals surface area contributed by atoms with Gasteiger partial charge in [0.2, 0.25) is 12.1 Å². The number of aliphatic carboxylic acids is 1. The van der Waals surface area contributed by atoms with Crippen LogP contribution in [0.4, 0.5) is 0 Å². The predicted octanol–water partition coefficient (Wildman–Crippen LogP) is -5.73. The number of carboxylic acid groups (broad SMARTS) is 1. The smallest absolute Gasteiger partial charge is 0.343 e. The summed E-state index contributed by atoms with van der Waals surface area (Å²) in [5.74, 6) is -7.11. The highest BCUT2D eigenvalue weighted by molar-refractivity contribution is 5.94. The summed E-state index contributed by atoms with van der Waals surface area (Å²) in [6.45, 7) is 2.70. The van der Waals surface area contributed by atoms with E-state index < -0.39 is 72.3 Å². The van der Waals surface area contributed by atoms with E-state index in [-0.39, 0.29) is 42.5 Å². The van der Waals surface area contributed by atoms with Crippen LogP contribution in [-0.2, 0) is 28.5 Å². The number of nitrogens with zero attached hydrogens (tertiary/aromatic N) is 1. The highest BCUT2D eigenvalue weighted by Crippen LogP contribution is 2.40. The molecule has 8 atom stereocenters. The number of carboxylic acids is 1. The van der Waals surface area contributed by atoms with E-state index >= 15 is 0 Å². The maximum Gasteiger partial charge on any atom is 0.343 e. The number of quaternary nitrogens is 1. The molecule has 3 aliphatic rings. The van der Waals surface area contributed by atoms with Gasteiger partial charge in [-0.05, 0) is 6.08 Å². The van der Waals surface area contributed by atoms with Crippen LogP contribution in [0.25, 0.3) is 0 Å². The van der Waals surface area contributed by atoms with Crippen LogP contribution in [0.5, 0.6) is 0 Å². The number of hydrogen-bond donors (Lipinski definition) is 11. The van der Waals surface area contributed by atoms with Gasteiger partial charge in [-0.25, -0.2) is 9.59 Å². The number of esters is 1. The molecule has 0 amide bonds. The van der Waals surface area contributed by atoms with Gasteiger partial charge in [0.15, 0.2) is 18.4 Å².